The third-order valence-electron chi connectivity index (χ3n) is 4.26. The van der Waals surface area contributed by atoms with Gasteiger partial charge in [0.25, 0.3) is 0 Å². The zero-order valence-electron chi connectivity index (χ0n) is 12.5. The van der Waals surface area contributed by atoms with Crippen molar-refractivity contribution in [2.45, 2.75) is 51.1 Å². The molecule has 1 saturated carbocycles. The van der Waals surface area contributed by atoms with Crippen LogP contribution >= 0.6 is 0 Å². The molecule has 0 amide bonds. The van der Waals surface area contributed by atoms with E-state index in [1.807, 2.05) is 24.8 Å². The van der Waals surface area contributed by atoms with Crippen LogP contribution in [0.15, 0.2) is 36.9 Å². The average molecular weight is 284 g/mol. The molecule has 3 rings (SSSR count). The summed E-state index contributed by atoms with van der Waals surface area (Å²) in [6.07, 6.45) is 13.5. The quantitative estimate of drug-likeness (QED) is 0.665. The van der Waals surface area contributed by atoms with Gasteiger partial charge >= 0.3 is 0 Å². The van der Waals surface area contributed by atoms with E-state index in [9.17, 15) is 0 Å². The van der Waals surface area contributed by atoms with Crippen molar-refractivity contribution in [2.24, 2.45) is 0 Å². The molecular formula is C17H24N4. The molecule has 0 saturated heterocycles. The Balaban J connectivity index is 1.71. The van der Waals surface area contributed by atoms with Crippen molar-refractivity contribution in [3.8, 4) is 0 Å². The number of imidazole rings is 1. The molecule has 1 aromatic carbocycles. The number of rotatable bonds is 4. The third kappa shape index (κ3) is 3.78. The summed E-state index contributed by atoms with van der Waals surface area (Å²) < 4.78 is 2.07. The number of nitrogen functional groups attached to an aromatic ring is 1. The highest BCUT2D eigenvalue weighted by Crippen LogP contribution is 2.26. The van der Waals surface area contributed by atoms with Gasteiger partial charge in [-0.2, -0.15) is 0 Å². The number of nitrogens with two attached hydrogens (primary N) is 1. The summed E-state index contributed by atoms with van der Waals surface area (Å²) in [5.74, 6) is 0. The van der Waals surface area contributed by atoms with Crippen molar-refractivity contribution in [1.29, 1.82) is 0 Å². The van der Waals surface area contributed by atoms with Crippen LogP contribution in [-0.2, 0) is 6.54 Å². The van der Waals surface area contributed by atoms with Crippen LogP contribution < -0.4 is 11.1 Å². The molecule has 0 aliphatic heterocycles. The maximum Gasteiger partial charge on any atom is 0.0949 e. The second-order valence-electron chi connectivity index (χ2n) is 5.99. The number of nitrogens with zero attached hydrogens (tertiary/aromatic N) is 2. The Kier molecular flexibility index (Phi) is 4.43. The first kappa shape index (κ1) is 14.0. The lowest BCUT2D eigenvalue weighted by molar-refractivity contribution is 0.620. The maximum absolute atomic E-state index is 6.14. The first-order chi connectivity index (χ1) is 10.3. The van der Waals surface area contributed by atoms with Gasteiger partial charge in [0.1, 0.15) is 0 Å². The molecular weight excluding hydrogens is 260 g/mol. The summed E-state index contributed by atoms with van der Waals surface area (Å²) in [5.41, 5.74) is 9.31. The van der Waals surface area contributed by atoms with E-state index >= 15 is 0 Å². The standard InChI is InChI=1S/C17H24N4/c18-16-8-7-14(12-21-10-9-19-13-21)11-17(16)20-15-5-3-1-2-4-6-15/h7-11,13,15,20H,1-6,12,18H2. The molecule has 4 nitrogen and oxygen atoms in total. The molecule has 0 unspecified atom stereocenters. The van der Waals surface area contributed by atoms with Gasteiger partial charge in [-0.1, -0.05) is 31.7 Å². The fraction of sp³-hybridized carbons (Fsp3) is 0.471. The molecule has 1 aliphatic rings. The molecule has 1 aromatic heterocycles. The summed E-state index contributed by atoms with van der Waals surface area (Å²) >= 11 is 0. The van der Waals surface area contributed by atoms with Crippen LogP contribution in [-0.4, -0.2) is 15.6 Å². The monoisotopic (exact) mass is 284 g/mol. The maximum atomic E-state index is 6.14. The highest BCUT2D eigenvalue weighted by Gasteiger charge is 2.13. The zero-order chi connectivity index (χ0) is 14.5. The molecule has 3 N–H and O–H groups in total. The fourth-order valence-corrected chi connectivity index (χ4v) is 3.06. The number of benzene rings is 1. The van der Waals surface area contributed by atoms with Crippen LogP contribution in [0.3, 0.4) is 0 Å². The predicted octanol–water partition coefficient (Wildman–Crippen LogP) is 3.65. The summed E-state index contributed by atoms with van der Waals surface area (Å²) in [6.45, 7) is 0.833. The summed E-state index contributed by atoms with van der Waals surface area (Å²) in [5, 5.41) is 3.66. The van der Waals surface area contributed by atoms with E-state index in [1.165, 1.54) is 44.1 Å². The average Bonchev–Trinajstić information content (AvgIpc) is 2.85. The Labute approximate surface area is 126 Å². The first-order valence-electron chi connectivity index (χ1n) is 7.92. The third-order valence-corrected chi connectivity index (χ3v) is 4.26. The first-order valence-corrected chi connectivity index (χ1v) is 7.92. The number of hydrogen-bond acceptors (Lipinski definition) is 3. The number of hydrogen-bond donors (Lipinski definition) is 2. The molecule has 0 spiro atoms. The predicted molar refractivity (Wildman–Crippen MR) is 87.3 cm³/mol. The van der Waals surface area contributed by atoms with Crippen LogP contribution in [0.2, 0.25) is 0 Å². The van der Waals surface area contributed by atoms with Crippen molar-refractivity contribution in [3.63, 3.8) is 0 Å². The van der Waals surface area contributed by atoms with Gasteiger partial charge in [0.05, 0.1) is 17.7 Å². The molecule has 0 bridgehead atoms. The van der Waals surface area contributed by atoms with E-state index in [-0.39, 0.29) is 0 Å². The Bertz CT molecular complexity index is 554. The zero-order valence-corrected chi connectivity index (χ0v) is 12.5. The van der Waals surface area contributed by atoms with Crippen LogP contribution in [0.4, 0.5) is 11.4 Å². The Morgan fingerprint density at radius 2 is 2.00 bits per heavy atom. The van der Waals surface area contributed by atoms with Crippen molar-refractivity contribution in [2.75, 3.05) is 11.1 Å². The number of aromatic nitrogens is 2. The van der Waals surface area contributed by atoms with E-state index in [2.05, 4.69) is 27.0 Å². The van der Waals surface area contributed by atoms with Crippen LogP contribution in [0, 0.1) is 0 Å². The summed E-state index contributed by atoms with van der Waals surface area (Å²) in [6, 6.07) is 6.84. The highest BCUT2D eigenvalue weighted by atomic mass is 15.0. The van der Waals surface area contributed by atoms with Crippen molar-refractivity contribution < 1.29 is 0 Å². The number of anilines is 2. The minimum absolute atomic E-state index is 0.568. The Morgan fingerprint density at radius 3 is 2.71 bits per heavy atom. The Hall–Kier alpha value is -1.97. The van der Waals surface area contributed by atoms with Gasteiger partial charge in [-0.15, -0.1) is 0 Å². The second kappa shape index (κ2) is 6.66. The van der Waals surface area contributed by atoms with Crippen molar-refractivity contribution >= 4 is 11.4 Å². The minimum atomic E-state index is 0.568. The lowest BCUT2D eigenvalue weighted by atomic mass is 10.1. The molecule has 1 heterocycles. The van der Waals surface area contributed by atoms with Gasteiger partial charge in [0.2, 0.25) is 0 Å². The normalized spacial score (nSPS) is 16.6. The van der Waals surface area contributed by atoms with Gasteiger partial charge in [-0.3, -0.25) is 0 Å². The molecule has 2 aromatic rings. The Morgan fingerprint density at radius 1 is 1.19 bits per heavy atom. The molecule has 1 fully saturated rings. The van der Waals surface area contributed by atoms with Crippen LogP contribution in [0.25, 0.3) is 0 Å². The van der Waals surface area contributed by atoms with Gasteiger partial charge in [-0.25, -0.2) is 4.98 Å². The summed E-state index contributed by atoms with van der Waals surface area (Å²) in [7, 11) is 0. The largest absolute Gasteiger partial charge is 0.397 e. The van der Waals surface area contributed by atoms with Gasteiger partial charge < -0.3 is 15.6 Å². The van der Waals surface area contributed by atoms with Crippen LogP contribution in [0.5, 0.6) is 0 Å². The molecule has 0 atom stereocenters. The molecule has 1 aliphatic carbocycles. The topological polar surface area (TPSA) is 55.9 Å². The SMILES string of the molecule is Nc1ccc(Cn2ccnc2)cc1NC1CCCCCC1. The van der Waals surface area contributed by atoms with Crippen molar-refractivity contribution in [3.05, 3.63) is 42.5 Å². The van der Waals surface area contributed by atoms with Crippen molar-refractivity contribution in [1.82, 2.24) is 9.55 Å². The van der Waals surface area contributed by atoms with Gasteiger partial charge in [-0.05, 0) is 30.5 Å². The lowest BCUT2D eigenvalue weighted by Crippen LogP contribution is -2.19. The molecule has 21 heavy (non-hydrogen) atoms. The minimum Gasteiger partial charge on any atom is -0.397 e. The molecule has 0 radical (unpaired) electrons. The van der Waals surface area contributed by atoms with Gasteiger partial charge in [0.15, 0.2) is 0 Å². The van der Waals surface area contributed by atoms with E-state index in [4.69, 9.17) is 5.73 Å². The van der Waals surface area contributed by atoms with Gasteiger partial charge in [0, 0.05) is 25.0 Å². The lowest BCUT2D eigenvalue weighted by Gasteiger charge is -2.20. The van der Waals surface area contributed by atoms with E-state index in [0.29, 0.717) is 6.04 Å². The van der Waals surface area contributed by atoms with Crippen LogP contribution in [0.1, 0.15) is 44.1 Å². The fourth-order valence-electron chi connectivity index (χ4n) is 3.06. The van der Waals surface area contributed by atoms with E-state index in [1.54, 1.807) is 0 Å². The highest BCUT2D eigenvalue weighted by molar-refractivity contribution is 5.67. The molecule has 112 valence electrons. The van der Waals surface area contributed by atoms with E-state index < -0.39 is 0 Å². The molecule has 4 heteroatoms. The number of nitrogens with one attached hydrogen (secondary N) is 1. The summed E-state index contributed by atoms with van der Waals surface area (Å²) in [4.78, 5) is 4.08. The smallest absolute Gasteiger partial charge is 0.0949 e. The van der Waals surface area contributed by atoms with E-state index in [0.717, 1.165) is 17.9 Å². The second-order valence-corrected chi connectivity index (χ2v) is 5.99.